The summed E-state index contributed by atoms with van der Waals surface area (Å²) in [6.07, 6.45) is 39.6. The van der Waals surface area contributed by atoms with Gasteiger partial charge >= 0.3 is 0 Å². The summed E-state index contributed by atoms with van der Waals surface area (Å²) >= 11 is 0. The van der Waals surface area contributed by atoms with Gasteiger partial charge in [0.15, 0.2) is 0 Å². The van der Waals surface area contributed by atoms with Crippen molar-refractivity contribution in [3.8, 4) is 0 Å². The predicted molar refractivity (Wildman–Crippen MR) is 207 cm³/mol. The Balaban J connectivity index is 1.25. The third-order valence-corrected chi connectivity index (χ3v) is 16.5. The molecule has 48 heavy (non-hydrogen) atoms. The molecular formula is C48H66. The van der Waals surface area contributed by atoms with Gasteiger partial charge in [0.05, 0.1) is 0 Å². The van der Waals surface area contributed by atoms with Crippen LogP contribution in [0.5, 0.6) is 0 Å². The Kier molecular flexibility index (Phi) is 10.0. The lowest BCUT2D eigenvalue weighted by molar-refractivity contribution is 0.168. The highest BCUT2D eigenvalue weighted by Crippen LogP contribution is 2.65. The Morgan fingerprint density at radius 3 is 1.31 bits per heavy atom. The van der Waals surface area contributed by atoms with Crippen molar-refractivity contribution in [2.24, 2.45) is 118 Å². The van der Waals surface area contributed by atoms with E-state index in [9.17, 15) is 0 Å². The molecule has 0 radical (unpaired) electrons. The molecule has 0 nitrogen and oxygen atoms in total. The van der Waals surface area contributed by atoms with E-state index in [-0.39, 0.29) is 0 Å². The molecule has 7 aliphatic carbocycles. The molecule has 0 amide bonds. The standard InChI is InChI=1S/C48H66/c1-9-31-23-35-19-20-37-26-34(12-4)47-29(7)44(28-46(37)47)43-27-45-33(11-3)25-38(48(45)30(43)8)22-21-36-24-32(10-2)40(14-6)42(36)18-16-15-17-41(35)39(31)13-5/h9-16,19-22,29-48H,1-6,17-18,23-28H2,7-8H3/b16-15-,20-19-,22-21-. The molecule has 0 saturated heterocycles. The summed E-state index contributed by atoms with van der Waals surface area (Å²) in [6.45, 7) is 31.3. The topological polar surface area (TPSA) is 0 Å². The highest BCUT2D eigenvalue weighted by atomic mass is 14.6. The zero-order valence-corrected chi connectivity index (χ0v) is 30.4. The normalized spacial score (nSPS) is 54.4. The van der Waals surface area contributed by atoms with Crippen molar-refractivity contribution < 1.29 is 0 Å². The SMILES string of the molecule is C=CC1CC2/C=C\C3CC(C=C)C4C(C)C(CC34)C3CC4C(C=C)CC(/C=C\C5CC(C=C)C(C=C)C5C/C=C\CC2C1C=C)C4C3C. The summed E-state index contributed by atoms with van der Waals surface area (Å²) in [6, 6.07) is 0. The summed E-state index contributed by atoms with van der Waals surface area (Å²) in [5, 5.41) is 0. The largest absolute Gasteiger partial charge is 0.103 e. The maximum absolute atomic E-state index is 4.41. The van der Waals surface area contributed by atoms with E-state index in [1.807, 2.05) is 0 Å². The maximum atomic E-state index is 4.41. The van der Waals surface area contributed by atoms with Crippen LogP contribution in [0, 0.1) is 118 Å². The molecule has 0 aliphatic heterocycles. The van der Waals surface area contributed by atoms with Crippen LogP contribution in [0.25, 0.3) is 0 Å². The molecule has 258 valence electrons. The second-order valence-electron chi connectivity index (χ2n) is 17.9. The summed E-state index contributed by atoms with van der Waals surface area (Å²) in [7, 11) is 0. The molecular weight excluding hydrogens is 577 g/mol. The molecule has 0 aromatic carbocycles. The van der Waals surface area contributed by atoms with Crippen LogP contribution in [-0.4, -0.2) is 0 Å². The minimum absolute atomic E-state index is 0.506. The predicted octanol–water partition coefficient (Wildman–Crippen LogP) is 12.4. The second-order valence-corrected chi connectivity index (χ2v) is 17.9. The minimum atomic E-state index is 0.506. The van der Waals surface area contributed by atoms with Crippen LogP contribution in [0.2, 0.25) is 0 Å². The number of rotatable bonds is 6. The van der Waals surface area contributed by atoms with E-state index >= 15 is 0 Å². The molecule has 0 aromatic rings. The lowest BCUT2D eigenvalue weighted by Crippen LogP contribution is -2.27. The first-order chi connectivity index (χ1) is 23.4. The molecule has 4 bridgehead atoms. The highest BCUT2D eigenvalue weighted by molar-refractivity contribution is 5.19. The number of hydrogen-bond donors (Lipinski definition) is 0. The molecule has 0 N–H and O–H groups in total. The van der Waals surface area contributed by atoms with Crippen LogP contribution in [0.4, 0.5) is 0 Å². The van der Waals surface area contributed by atoms with Gasteiger partial charge in [0.2, 0.25) is 0 Å². The van der Waals surface area contributed by atoms with Gasteiger partial charge in [0.1, 0.15) is 0 Å². The van der Waals surface area contributed by atoms with Gasteiger partial charge in [-0.2, -0.15) is 0 Å². The third kappa shape index (κ3) is 5.64. The summed E-state index contributed by atoms with van der Waals surface area (Å²) < 4.78 is 0. The third-order valence-electron chi connectivity index (χ3n) is 16.5. The molecule has 6 saturated carbocycles. The second kappa shape index (κ2) is 14.1. The Morgan fingerprint density at radius 1 is 0.396 bits per heavy atom. The molecule has 6 fully saturated rings. The van der Waals surface area contributed by atoms with E-state index in [1.165, 1.54) is 38.5 Å². The van der Waals surface area contributed by atoms with Crippen molar-refractivity contribution in [1.82, 2.24) is 0 Å². The van der Waals surface area contributed by atoms with Gasteiger partial charge < -0.3 is 0 Å². The van der Waals surface area contributed by atoms with Crippen molar-refractivity contribution in [1.29, 1.82) is 0 Å². The van der Waals surface area contributed by atoms with Crippen molar-refractivity contribution in [3.63, 3.8) is 0 Å². The fourth-order valence-electron chi connectivity index (χ4n) is 14.3. The zero-order chi connectivity index (χ0) is 33.7. The van der Waals surface area contributed by atoms with Crippen molar-refractivity contribution in [3.05, 3.63) is 112 Å². The molecule has 0 aromatic heterocycles. The summed E-state index contributed by atoms with van der Waals surface area (Å²) in [5.74, 6) is 13.7. The van der Waals surface area contributed by atoms with Gasteiger partial charge in [-0.25, -0.2) is 0 Å². The average Bonchev–Trinajstić information content (AvgIpc) is 3.92. The Bertz CT molecular complexity index is 1320. The highest BCUT2D eigenvalue weighted by Gasteiger charge is 2.58. The summed E-state index contributed by atoms with van der Waals surface area (Å²) in [4.78, 5) is 0. The van der Waals surface area contributed by atoms with Gasteiger partial charge in [0.25, 0.3) is 0 Å². The van der Waals surface area contributed by atoms with Crippen LogP contribution in [-0.2, 0) is 0 Å². The maximum Gasteiger partial charge on any atom is -0.0136 e. The molecule has 7 aliphatic rings. The van der Waals surface area contributed by atoms with Gasteiger partial charge in [-0.1, -0.05) is 86.8 Å². The first kappa shape index (κ1) is 34.1. The fourth-order valence-corrected chi connectivity index (χ4v) is 14.3. The molecule has 20 atom stereocenters. The van der Waals surface area contributed by atoms with Crippen LogP contribution in [0.1, 0.15) is 65.2 Å². The van der Waals surface area contributed by atoms with Crippen LogP contribution in [0.3, 0.4) is 0 Å². The van der Waals surface area contributed by atoms with E-state index in [0.717, 1.165) is 60.2 Å². The molecule has 0 heteroatoms. The van der Waals surface area contributed by atoms with Crippen LogP contribution < -0.4 is 0 Å². The fraction of sp³-hybridized carbons (Fsp3) is 0.625. The first-order valence-corrected chi connectivity index (χ1v) is 20.1. The Labute approximate surface area is 295 Å². The average molecular weight is 643 g/mol. The van der Waals surface area contributed by atoms with E-state index in [0.29, 0.717) is 71.0 Å². The van der Waals surface area contributed by atoms with Crippen LogP contribution in [0.15, 0.2) is 112 Å². The van der Waals surface area contributed by atoms with Gasteiger partial charge in [0, 0.05) is 0 Å². The zero-order valence-electron chi connectivity index (χ0n) is 30.4. The van der Waals surface area contributed by atoms with E-state index in [1.54, 1.807) is 0 Å². The van der Waals surface area contributed by atoms with Crippen molar-refractivity contribution in [2.45, 2.75) is 65.2 Å². The van der Waals surface area contributed by atoms with Gasteiger partial charge in [-0.05, 0) is 170 Å². The van der Waals surface area contributed by atoms with Crippen LogP contribution >= 0.6 is 0 Å². The molecule has 0 spiro atoms. The first-order valence-electron chi connectivity index (χ1n) is 20.1. The number of hydrogen-bond acceptors (Lipinski definition) is 0. The Hall–Kier alpha value is -2.34. The number of allylic oxidation sites excluding steroid dienone is 12. The smallest absolute Gasteiger partial charge is 0.0136 e. The molecule has 20 unspecified atom stereocenters. The quantitative estimate of drug-likeness (QED) is 0.253. The summed E-state index contributed by atoms with van der Waals surface area (Å²) in [5.41, 5.74) is 0. The lowest BCUT2D eigenvalue weighted by atomic mass is 9.72. The molecule has 7 rings (SSSR count). The van der Waals surface area contributed by atoms with E-state index < -0.39 is 0 Å². The van der Waals surface area contributed by atoms with E-state index in [2.05, 4.69) is 126 Å². The Morgan fingerprint density at radius 2 is 0.812 bits per heavy atom. The monoisotopic (exact) mass is 643 g/mol. The van der Waals surface area contributed by atoms with E-state index in [4.69, 9.17) is 0 Å². The van der Waals surface area contributed by atoms with Crippen molar-refractivity contribution >= 4 is 0 Å². The van der Waals surface area contributed by atoms with Gasteiger partial charge in [-0.15, -0.1) is 39.5 Å². The number of fused-ring (bicyclic) bond motifs is 5. The molecule has 0 heterocycles. The minimum Gasteiger partial charge on any atom is -0.103 e. The lowest BCUT2D eigenvalue weighted by Gasteiger charge is -2.33. The van der Waals surface area contributed by atoms with Gasteiger partial charge in [-0.3, -0.25) is 0 Å². The van der Waals surface area contributed by atoms with Crippen molar-refractivity contribution in [2.75, 3.05) is 0 Å².